The molecular weight excluding hydrogens is 569 g/mol. The molecule has 2 aliphatic rings. The summed E-state index contributed by atoms with van der Waals surface area (Å²) in [4.78, 5) is 16.4. The van der Waals surface area contributed by atoms with Crippen molar-refractivity contribution in [3.8, 4) is 40.0 Å². The number of carbonyl (C=O) groups excluding carboxylic acids is 1. The number of aromatic nitrogens is 3. The molecule has 6 rings (SSSR count). The van der Waals surface area contributed by atoms with Crippen LogP contribution in [0.25, 0.3) is 34.3 Å². The van der Waals surface area contributed by atoms with Gasteiger partial charge in [0.1, 0.15) is 29.7 Å². The number of aliphatic hydroxyl groups excluding tert-OH is 1. The smallest absolute Gasteiger partial charge is 0.422 e. The van der Waals surface area contributed by atoms with E-state index in [1.54, 1.807) is 43.3 Å². The zero-order valence-electron chi connectivity index (χ0n) is 23.1. The number of benzene rings is 2. The molecule has 10 nitrogen and oxygen atoms in total. The lowest BCUT2D eigenvalue weighted by molar-refractivity contribution is -0.149. The molecule has 1 aliphatic heterocycles. The summed E-state index contributed by atoms with van der Waals surface area (Å²) < 4.78 is 63.6. The average Bonchev–Trinajstić information content (AvgIpc) is 3.67. The molecule has 43 heavy (non-hydrogen) atoms. The number of halogens is 3. The van der Waals surface area contributed by atoms with Gasteiger partial charge in [-0.15, -0.1) is 0 Å². The Balaban J connectivity index is 1.19. The third-order valence-corrected chi connectivity index (χ3v) is 7.78. The number of carbonyl (C=O) groups is 1. The minimum Gasteiger partial charge on any atom is -0.491 e. The molecule has 0 bridgehead atoms. The summed E-state index contributed by atoms with van der Waals surface area (Å²) in [5, 5.41) is 22.1. The molecule has 2 aromatic heterocycles. The Bertz CT molecular complexity index is 1590. The predicted molar refractivity (Wildman–Crippen MR) is 145 cm³/mol. The van der Waals surface area contributed by atoms with Crippen molar-refractivity contribution in [2.24, 2.45) is 5.92 Å². The van der Waals surface area contributed by atoms with Gasteiger partial charge in [0, 0.05) is 22.7 Å². The molecule has 1 saturated carbocycles. The summed E-state index contributed by atoms with van der Waals surface area (Å²) in [5.41, 5.74) is -0.322. The Hall–Kier alpha value is -4.23. The highest BCUT2D eigenvalue weighted by Gasteiger charge is 2.43. The monoisotopic (exact) mass is 598 g/mol. The number of ether oxygens (including phenoxy) is 2. The number of fused-ring (bicyclic) bond motifs is 1. The highest BCUT2D eigenvalue weighted by molar-refractivity contribution is 5.73. The molecule has 0 spiro atoms. The first-order valence-corrected chi connectivity index (χ1v) is 14.1. The van der Waals surface area contributed by atoms with Crippen molar-refractivity contribution in [2.45, 2.75) is 57.0 Å². The Kier molecular flexibility index (Phi) is 7.93. The minimum absolute atomic E-state index is 0.00846. The number of alkyl halides is 3. The van der Waals surface area contributed by atoms with Crippen molar-refractivity contribution in [2.75, 3.05) is 13.2 Å². The number of esters is 1. The van der Waals surface area contributed by atoms with Crippen LogP contribution in [-0.2, 0) is 15.7 Å². The van der Waals surface area contributed by atoms with Gasteiger partial charge in [-0.1, -0.05) is 59.2 Å². The molecule has 4 aromatic rings. The van der Waals surface area contributed by atoms with Crippen LogP contribution in [0.5, 0.6) is 5.75 Å². The molecule has 13 heteroatoms. The maximum atomic E-state index is 14.1. The molecule has 226 valence electrons. The van der Waals surface area contributed by atoms with Crippen molar-refractivity contribution in [3.63, 3.8) is 0 Å². The standard InChI is InChI=1S/C30H29F3N4O6/c1-2-40-29(39)18-9-6-10-19(13-18)34-21-15-41-22-14-17(11-12-20(22)25(21)38)27-35-28(43-37-27)26-23(30(31,32)33)24(36-42-26)16-7-4-3-5-8-16/h3-5,7-8,11-12,14,18-19,21,25,34,38H,2,6,9-10,13,15H2,1H3/t18?,19?,21-,25+/m1/s1. The van der Waals surface area contributed by atoms with Crippen LogP contribution in [-0.4, -0.2) is 51.7 Å². The second-order valence-corrected chi connectivity index (χ2v) is 10.6. The fourth-order valence-electron chi connectivity index (χ4n) is 5.71. The first-order chi connectivity index (χ1) is 20.7. The highest BCUT2D eigenvalue weighted by Crippen LogP contribution is 2.43. The highest BCUT2D eigenvalue weighted by atomic mass is 19.4. The van der Waals surface area contributed by atoms with E-state index >= 15 is 0 Å². The summed E-state index contributed by atoms with van der Waals surface area (Å²) in [6.45, 7) is 2.30. The fourth-order valence-corrected chi connectivity index (χ4v) is 5.71. The average molecular weight is 599 g/mol. The molecule has 0 amide bonds. The molecule has 0 radical (unpaired) electrons. The molecular formula is C30H29F3N4O6. The molecule has 4 atom stereocenters. The Labute approximate surface area is 244 Å². The number of nitrogens with one attached hydrogen (secondary N) is 1. The van der Waals surface area contributed by atoms with E-state index in [-0.39, 0.29) is 41.6 Å². The number of aliphatic hydroxyl groups is 1. The van der Waals surface area contributed by atoms with Crippen molar-refractivity contribution < 1.29 is 41.6 Å². The van der Waals surface area contributed by atoms with Gasteiger partial charge in [-0.2, -0.15) is 18.2 Å². The quantitative estimate of drug-likeness (QED) is 0.260. The normalized spacial score (nSPS) is 22.1. The zero-order valence-corrected chi connectivity index (χ0v) is 23.1. The van der Waals surface area contributed by atoms with Gasteiger partial charge in [0.25, 0.3) is 5.89 Å². The summed E-state index contributed by atoms with van der Waals surface area (Å²) in [7, 11) is 0. The van der Waals surface area contributed by atoms with Crippen LogP contribution in [0.1, 0.15) is 49.8 Å². The van der Waals surface area contributed by atoms with E-state index in [9.17, 15) is 23.1 Å². The second-order valence-electron chi connectivity index (χ2n) is 10.6. The maximum Gasteiger partial charge on any atom is 0.422 e. The number of hydrogen-bond acceptors (Lipinski definition) is 10. The lowest BCUT2D eigenvalue weighted by Gasteiger charge is -2.36. The Morgan fingerprint density at radius 1 is 1.09 bits per heavy atom. The third kappa shape index (κ3) is 5.87. The van der Waals surface area contributed by atoms with Gasteiger partial charge in [0.15, 0.2) is 0 Å². The van der Waals surface area contributed by atoms with Crippen LogP contribution in [0.2, 0.25) is 0 Å². The summed E-state index contributed by atoms with van der Waals surface area (Å²) >= 11 is 0. The maximum absolute atomic E-state index is 14.1. The van der Waals surface area contributed by atoms with Crippen LogP contribution in [0.3, 0.4) is 0 Å². The van der Waals surface area contributed by atoms with Crippen LogP contribution < -0.4 is 10.1 Å². The van der Waals surface area contributed by atoms with E-state index < -0.39 is 35.5 Å². The SMILES string of the molecule is CCOC(=O)C1CCCC(N[C@@H]2COc3cc(-c4noc(-c5onc(-c6ccccc6)c5C(F)(F)F)n4)ccc3[C@@H]2O)C1. The molecule has 1 aliphatic carbocycles. The minimum atomic E-state index is -4.80. The van der Waals surface area contributed by atoms with Gasteiger partial charge in [0.05, 0.1) is 18.6 Å². The van der Waals surface area contributed by atoms with E-state index in [4.69, 9.17) is 18.5 Å². The molecule has 2 N–H and O–H groups in total. The van der Waals surface area contributed by atoms with Crippen LogP contribution >= 0.6 is 0 Å². The fraction of sp³-hybridized carbons (Fsp3) is 0.400. The van der Waals surface area contributed by atoms with Gasteiger partial charge < -0.3 is 28.9 Å². The van der Waals surface area contributed by atoms with E-state index in [1.807, 2.05) is 0 Å². The lowest BCUT2D eigenvalue weighted by atomic mass is 9.85. The van der Waals surface area contributed by atoms with E-state index in [0.29, 0.717) is 29.9 Å². The van der Waals surface area contributed by atoms with Crippen molar-refractivity contribution in [1.29, 1.82) is 0 Å². The number of hydrogen-bond donors (Lipinski definition) is 2. The molecule has 2 aromatic carbocycles. The molecule has 3 heterocycles. The predicted octanol–water partition coefficient (Wildman–Crippen LogP) is 5.58. The molecule has 0 saturated heterocycles. The second kappa shape index (κ2) is 11.8. The first kappa shape index (κ1) is 28.9. The van der Waals surface area contributed by atoms with Gasteiger partial charge in [-0.3, -0.25) is 4.79 Å². The number of rotatable bonds is 7. The summed E-state index contributed by atoms with van der Waals surface area (Å²) in [5.74, 6) is -1.12. The number of nitrogens with zero attached hydrogens (tertiary/aromatic N) is 3. The molecule has 1 fully saturated rings. The van der Waals surface area contributed by atoms with Crippen LogP contribution in [0.4, 0.5) is 13.2 Å². The van der Waals surface area contributed by atoms with Gasteiger partial charge >= 0.3 is 12.1 Å². The first-order valence-electron chi connectivity index (χ1n) is 14.1. The topological polar surface area (TPSA) is 133 Å². The summed E-state index contributed by atoms with van der Waals surface area (Å²) in [6, 6.07) is 12.4. The van der Waals surface area contributed by atoms with Crippen LogP contribution in [0.15, 0.2) is 57.6 Å². The van der Waals surface area contributed by atoms with Gasteiger partial charge in [-0.05, 0) is 32.3 Å². The van der Waals surface area contributed by atoms with E-state index in [2.05, 4.69) is 20.6 Å². The van der Waals surface area contributed by atoms with Crippen molar-refractivity contribution in [1.82, 2.24) is 20.6 Å². The largest absolute Gasteiger partial charge is 0.491 e. The molecule has 2 unspecified atom stereocenters. The van der Waals surface area contributed by atoms with Gasteiger partial charge in [0.2, 0.25) is 11.6 Å². The van der Waals surface area contributed by atoms with Crippen molar-refractivity contribution in [3.05, 3.63) is 59.7 Å². The van der Waals surface area contributed by atoms with E-state index in [1.165, 1.54) is 12.1 Å². The van der Waals surface area contributed by atoms with Crippen LogP contribution in [0, 0.1) is 5.92 Å². The van der Waals surface area contributed by atoms with E-state index in [0.717, 1.165) is 19.3 Å². The summed E-state index contributed by atoms with van der Waals surface area (Å²) in [6.07, 6.45) is -2.52. The Morgan fingerprint density at radius 3 is 2.67 bits per heavy atom. The lowest BCUT2D eigenvalue weighted by Crippen LogP contribution is -2.49. The zero-order chi connectivity index (χ0) is 30.1. The Morgan fingerprint density at radius 2 is 1.91 bits per heavy atom. The third-order valence-electron chi connectivity index (χ3n) is 7.78. The van der Waals surface area contributed by atoms with Crippen molar-refractivity contribution >= 4 is 5.97 Å². The van der Waals surface area contributed by atoms with Gasteiger partial charge in [-0.25, -0.2) is 0 Å².